The highest BCUT2D eigenvalue weighted by Gasteiger charge is 2.25. The number of carbonyl (C=O) groups excluding carboxylic acids is 3. The molecule has 0 saturated carbocycles. The Labute approximate surface area is 166 Å². The molecule has 2 amide bonds. The van der Waals surface area contributed by atoms with Gasteiger partial charge in [-0.1, -0.05) is 36.4 Å². The number of aryl methyl sites for hydroxylation is 1. The molecule has 0 bridgehead atoms. The maximum Gasteiger partial charge on any atom is 0.311 e. The SMILES string of the molecule is CCOc1cc(C=C2SC(=O)NC2=O)ccc1OC(=O)CCc1ccccc1. The third-order valence-corrected chi connectivity index (χ3v) is 4.70. The van der Waals surface area contributed by atoms with Crippen LogP contribution in [-0.2, 0) is 16.0 Å². The molecule has 0 aliphatic carbocycles. The Kier molecular flexibility index (Phi) is 6.49. The zero-order valence-corrected chi connectivity index (χ0v) is 16.1. The fourth-order valence-corrected chi connectivity index (χ4v) is 3.29. The highest BCUT2D eigenvalue weighted by atomic mass is 32.2. The van der Waals surface area contributed by atoms with Gasteiger partial charge in [-0.05, 0) is 54.4 Å². The van der Waals surface area contributed by atoms with E-state index in [-0.39, 0.29) is 12.4 Å². The molecule has 2 aromatic carbocycles. The molecule has 1 aliphatic heterocycles. The number of benzene rings is 2. The van der Waals surface area contributed by atoms with Crippen molar-refractivity contribution in [3.63, 3.8) is 0 Å². The summed E-state index contributed by atoms with van der Waals surface area (Å²) in [4.78, 5) is 35.5. The van der Waals surface area contributed by atoms with Crippen molar-refractivity contribution in [1.82, 2.24) is 5.32 Å². The van der Waals surface area contributed by atoms with E-state index in [9.17, 15) is 14.4 Å². The molecule has 0 spiro atoms. The Bertz CT molecular complexity index is 924. The van der Waals surface area contributed by atoms with Crippen molar-refractivity contribution in [2.45, 2.75) is 19.8 Å². The topological polar surface area (TPSA) is 81.7 Å². The average molecular weight is 397 g/mol. The van der Waals surface area contributed by atoms with E-state index in [0.717, 1.165) is 17.3 Å². The predicted molar refractivity (Wildman–Crippen MR) is 107 cm³/mol. The molecule has 1 fully saturated rings. The Morgan fingerprint density at radius 1 is 1.11 bits per heavy atom. The average Bonchev–Trinajstić information content (AvgIpc) is 3.00. The number of amides is 2. The molecule has 1 heterocycles. The van der Waals surface area contributed by atoms with E-state index in [1.807, 2.05) is 37.3 Å². The van der Waals surface area contributed by atoms with Crippen LogP contribution < -0.4 is 14.8 Å². The molecular weight excluding hydrogens is 378 g/mol. The van der Waals surface area contributed by atoms with Gasteiger partial charge >= 0.3 is 5.97 Å². The Morgan fingerprint density at radius 3 is 2.57 bits per heavy atom. The first-order valence-electron chi connectivity index (χ1n) is 8.81. The van der Waals surface area contributed by atoms with Gasteiger partial charge in [0.05, 0.1) is 11.5 Å². The third kappa shape index (κ3) is 5.23. The van der Waals surface area contributed by atoms with Crippen molar-refractivity contribution in [3.8, 4) is 11.5 Å². The Hall–Kier alpha value is -3.06. The number of thioether (sulfide) groups is 1. The molecule has 6 nitrogen and oxygen atoms in total. The number of ether oxygens (including phenoxy) is 2. The molecule has 1 saturated heterocycles. The monoisotopic (exact) mass is 397 g/mol. The van der Waals surface area contributed by atoms with Crippen molar-refractivity contribution < 1.29 is 23.9 Å². The summed E-state index contributed by atoms with van der Waals surface area (Å²) in [6, 6.07) is 14.7. The molecule has 28 heavy (non-hydrogen) atoms. The lowest BCUT2D eigenvalue weighted by molar-refractivity contribution is -0.134. The highest BCUT2D eigenvalue weighted by Crippen LogP contribution is 2.32. The summed E-state index contributed by atoms with van der Waals surface area (Å²) in [6.45, 7) is 2.22. The fraction of sp³-hybridized carbons (Fsp3) is 0.190. The number of hydrogen-bond acceptors (Lipinski definition) is 6. The van der Waals surface area contributed by atoms with Crippen LogP contribution in [0.5, 0.6) is 11.5 Å². The second-order valence-corrected chi connectivity index (χ2v) is 6.97. The van der Waals surface area contributed by atoms with Crippen LogP contribution >= 0.6 is 11.8 Å². The van der Waals surface area contributed by atoms with Crippen LogP contribution in [0.15, 0.2) is 53.4 Å². The molecule has 0 atom stereocenters. The minimum absolute atomic E-state index is 0.250. The van der Waals surface area contributed by atoms with Crippen molar-refractivity contribution >= 4 is 35.0 Å². The Morgan fingerprint density at radius 2 is 1.89 bits per heavy atom. The summed E-state index contributed by atoms with van der Waals surface area (Å²) in [5.74, 6) is -0.0575. The maximum atomic E-state index is 12.2. The van der Waals surface area contributed by atoms with E-state index in [0.29, 0.717) is 35.0 Å². The zero-order valence-electron chi connectivity index (χ0n) is 15.3. The molecule has 2 aromatic rings. The van der Waals surface area contributed by atoms with E-state index in [1.54, 1.807) is 24.3 Å². The van der Waals surface area contributed by atoms with Gasteiger partial charge in [-0.15, -0.1) is 0 Å². The fourth-order valence-electron chi connectivity index (χ4n) is 2.60. The largest absolute Gasteiger partial charge is 0.490 e. The van der Waals surface area contributed by atoms with Gasteiger partial charge in [0.25, 0.3) is 11.1 Å². The van der Waals surface area contributed by atoms with Gasteiger partial charge in [0.15, 0.2) is 11.5 Å². The maximum absolute atomic E-state index is 12.2. The molecule has 0 aromatic heterocycles. The van der Waals surface area contributed by atoms with Crippen LogP contribution in [0.2, 0.25) is 0 Å². The molecule has 144 valence electrons. The lowest BCUT2D eigenvalue weighted by Gasteiger charge is -2.11. The first kappa shape index (κ1) is 19.7. The summed E-state index contributed by atoms with van der Waals surface area (Å²) >= 11 is 0.842. The van der Waals surface area contributed by atoms with E-state index in [4.69, 9.17) is 9.47 Å². The number of hydrogen-bond donors (Lipinski definition) is 1. The number of nitrogens with one attached hydrogen (secondary N) is 1. The van der Waals surface area contributed by atoms with E-state index >= 15 is 0 Å². The number of rotatable bonds is 7. The predicted octanol–water partition coefficient (Wildman–Crippen LogP) is 3.95. The quantitative estimate of drug-likeness (QED) is 0.433. The summed E-state index contributed by atoms with van der Waals surface area (Å²) in [6.07, 6.45) is 2.43. The van der Waals surface area contributed by atoms with E-state index < -0.39 is 11.1 Å². The Balaban J connectivity index is 1.70. The lowest BCUT2D eigenvalue weighted by atomic mass is 10.1. The summed E-state index contributed by atoms with van der Waals surface area (Å²) in [5.41, 5.74) is 1.73. The molecule has 1 aliphatic rings. The van der Waals surface area contributed by atoms with Crippen LogP contribution in [0.4, 0.5) is 4.79 Å². The first-order valence-corrected chi connectivity index (χ1v) is 9.63. The van der Waals surface area contributed by atoms with Gasteiger partial charge in [0, 0.05) is 6.42 Å². The van der Waals surface area contributed by atoms with E-state index in [2.05, 4.69) is 5.32 Å². The van der Waals surface area contributed by atoms with Crippen LogP contribution in [0.1, 0.15) is 24.5 Å². The summed E-state index contributed by atoms with van der Waals surface area (Å²) in [5, 5.41) is 1.81. The third-order valence-electron chi connectivity index (χ3n) is 3.89. The normalized spacial score (nSPS) is 14.8. The number of esters is 1. The molecule has 1 N–H and O–H groups in total. The van der Waals surface area contributed by atoms with Crippen LogP contribution in [0.25, 0.3) is 6.08 Å². The number of imide groups is 1. The second kappa shape index (κ2) is 9.23. The van der Waals surface area contributed by atoms with Crippen LogP contribution in [-0.4, -0.2) is 23.7 Å². The molecule has 0 radical (unpaired) electrons. The van der Waals surface area contributed by atoms with Gasteiger partial charge in [0.2, 0.25) is 0 Å². The van der Waals surface area contributed by atoms with Gasteiger partial charge in [-0.25, -0.2) is 0 Å². The standard InChI is InChI=1S/C21H19NO5S/c1-2-26-17-12-15(13-18-20(24)22-21(25)28-18)8-10-16(17)27-19(23)11-9-14-6-4-3-5-7-14/h3-8,10,12-13H,2,9,11H2,1H3,(H,22,24,25). The van der Waals surface area contributed by atoms with Crippen molar-refractivity contribution in [3.05, 3.63) is 64.6 Å². The molecule has 3 rings (SSSR count). The van der Waals surface area contributed by atoms with Gasteiger partial charge in [-0.2, -0.15) is 0 Å². The van der Waals surface area contributed by atoms with Crippen molar-refractivity contribution in [2.75, 3.05) is 6.61 Å². The highest BCUT2D eigenvalue weighted by molar-refractivity contribution is 8.18. The van der Waals surface area contributed by atoms with Crippen LogP contribution in [0.3, 0.4) is 0 Å². The van der Waals surface area contributed by atoms with Crippen molar-refractivity contribution in [1.29, 1.82) is 0 Å². The van der Waals surface area contributed by atoms with Gasteiger partial charge in [0.1, 0.15) is 0 Å². The number of carbonyl (C=O) groups is 3. The minimum atomic E-state index is -0.427. The second-order valence-electron chi connectivity index (χ2n) is 5.95. The smallest absolute Gasteiger partial charge is 0.311 e. The van der Waals surface area contributed by atoms with Crippen LogP contribution in [0, 0.1) is 0 Å². The summed E-state index contributed by atoms with van der Waals surface area (Å²) in [7, 11) is 0. The summed E-state index contributed by atoms with van der Waals surface area (Å²) < 4.78 is 11.0. The molecular formula is C21H19NO5S. The zero-order chi connectivity index (χ0) is 19.9. The van der Waals surface area contributed by atoms with Gasteiger partial charge in [-0.3, -0.25) is 19.7 Å². The minimum Gasteiger partial charge on any atom is -0.490 e. The molecule has 0 unspecified atom stereocenters. The molecule has 7 heteroatoms. The van der Waals surface area contributed by atoms with Crippen molar-refractivity contribution in [2.24, 2.45) is 0 Å². The lowest BCUT2D eigenvalue weighted by Crippen LogP contribution is -2.17. The van der Waals surface area contributed by atoms with E-state index in [1.165, 1.54) is 0 Å². The van der Waals surface area contributed by atoms with Gasteiger partial charge < -0.3 is 9.47 Å². The first-order chi connectivity index (χ1) is 13.5.